The van der Waals surface area contributed by atoms with Crippen molar-refractivity contribution >= 4 is 17.7 Å². The van der Waals surface area contributed by atoms with Crippen LogP contribution in [0.2, 0.25) is 0 Å². The third-order valence-electron chi connectivity index (χ3n) is 4.19. The summed E-state index contributed by atoms with van der Waals surface area (Å²) in [5.41, 5.74) is 3.35. The Morgan fingerprint density at radius 2 is 2.00 bits per heavy atom. The van der Waals surface area contributed by atoms with Gasteiger partial charge >= 0.3 is 0 Å². The molecule has 5 nitrogen and oxygen atoms in total. The average molecular weight is 388 g/mol. The van der Waals surface area contributed by atoms with Crippen LogP contribution in [0.4, 0.5) is 0 Å². The maximum absolute atomic E-state index is 12.0. The fourth-order valence-corrected chi connectivity index (χ4v) is 3.43. The number of carbonyl (C=O) groups excluding carboxylic acids is 1. The molecule has 0 saturated heterocycles. The van der Waals surface area contributed by atoms with Crippen LogP contribution in [0.25, 0.3) is 0 Å². The van der Waals surface area contributed by atoms with Gasteiger partial charge in [-0.2, -0.15) is 11.8 Å². The second kappa shape index (κ2) is 9.55. The Morgan fingerprint density at radius 3 is 2.89 bits per heavy atom. The van der Waals surface area contributed by atoms with Crippen molar-refractivity contribution in [3.63, 3.8) is 0 Å². The minimum absolute atomic E-state index is 0.0353. The summed E-state index contributed by atoms with van der Waals surface area (Å²) >= 11 is 1.62. The second-order valence-electron chi connectivity index (χ2n) is 6.49. The monoisotopic (exact) mass is 387 g/mol. The summed E-state index contributed by atoms with van der Waals surface area (Å²) in [6.07, 6.45) is 0.910. The molecule has 0 spiro atoms. The van der Waals surface area contributed by atoms with Gasteiger partial charge < -0.3 is 19.5 Å². The molecule has 3 rings (SSSR count). The van der Waals surface area contributed by atoms with E-state index in [1.165, 1.54) is 5.56 Å². The van der Waals surface area contributed by atoms with Gasteiger partial charge in [0.15, 0.2) is 11.5 Å². The molecule has 0 unspecified atom stereocenters. The number of aryl methyl sites for hydroxylation is 2. The van der Waals surface area contributed by atoms with Crippen LogP contribution in [0.5, 0.6) is 17.2 Å². The van der Waals surface area contributed by atoms with Crippen LogP contribution in [0.3, 0.4) is 0 Å². The van der Waals surface area contributed by atoms with Gasteiger partial charge in [-0.1, -0.05) is 18.2 Å². The lowest BCUT2D eigenvalue weighted by Crippen LogP contribution is -2.24. The zero-order valence-electron chi connectivity index (χ0n) is 15.7. The van der Waals surface area contributed by atoms with E-state index in [0.29, 0.717) is 18.9 Å². The van der Waals surface area contributed by atoms with Crippen LogP contribution in [-0.4, -0.2) is 30.8 Å². The molecule has 2 aromatic rings. The molecule has 0 fully saturated rings. The maximum Gasteiger partial charge on any atom is 0.231 e. The molecule has 1 N–H and O–H groups in total. The standard InChI is InChI=1S/C21H25NO4S/c1-15-4-5-16(2)19(10-15)24-8-3-9-27-13-21(23)22-12-17-6-7-18-20(11-17)26-14-25-18/h4-7,10-11H,3,8-9,12-14H2,1-2H3,(H,22,23). The first-order valence-corrected chi connectivity index (χ1v) is 10.2. The number of thioether (sulfide) groups is 1. The van der Waals surface area contributed by atoms with Crippen molar-refractivity contribution in [3.05, 3.63) is 53.1 Å². The van der Waals surface area contributed by atoms with Crippen molar-refractivity contribution < 1.29 is 19.0 Å². The number of ether oxygens (including phenoxy) is 3. The van der Waals surface area contributed by atoms with E-state index in [-0.39, 0.29) is 12.7 Å². The molecule has 0 aromatic heterocycles. The van der Waals surface area contributed by atoms with Crippen LogP contribution >= 0.6 is 11.8 Å². The quantitative estimate of drug-likeness (QED) is 0.663. The topological polar surface area (TPSA) is 56.8 Å². The summed E-state index contributed by atoms with van der Waals surface area (Å²) in [4.78, 5) is 12.0. The van der Waals surface area contributed by atoms with Crippen molar-refractivity contribution in [2.24, 2.45) is 0 Å². The van der Waals surface area contributed by atoms with Crippen LogP contribution in [0, 0.1) is 13.8 Å². The molecule has 0 radical (unpaired) electrons. The minimum Gasteiger partial charge on any atom is -0.493 e. The Balaban J connectivity index is 1.28. The van der Waals surface area contributed by atoms with Crippen molar-refractivity contribution in [1.29, 1.82) is 0 Å². The lowest BCUT2D eigenvalue weighted by molar-refractivity contribution is -0.118. The number of fused-ring (bicyclic) bond motifs is 1. The first-order valence-electron chi connectivity index (χ1n) is 9.05. The van der Waals surface area contributed by atoms with E-state index < -0.39 is 0 Å². The van der Waals surface area contributed by atoms with Crippen molar-refractivity contribution in [2.45, 2.75) is 26.8 Å². The molecule has 1 heterocycles. The van der Waals surface area contributed by atoms with E-state index in [1.54, 1.807) is 11.8 Å². The molecule has 2 aromatic carbocycles. The minimum atomic E-state index is 0.0353. The lowest BCUT2D eigenvalue weighted by Gasteiger charge is -2.10. The van der Waals surface area contributed by atoms with Gasteiger partial charge in [-0.25, -0.2) is 0 Å². The summed E-state index contributed by atoms with van der Waals surface area (Å²) in [7, 11) is 0. The van der Waals surface area contributed by atoms with Gasteiger partial charge in [0.2, 0.25) is 12.7 Å². The molecule has 27 heavy (non-hydrogen) atoms. The molecule has 0 atom stereocenters. The van der Waals surface area contributed by atoms with Crippen LogP contribution in [0.1, 0.15) is 23.1 Å². The Bertz CT molecular complexity index is 794. The van der Waals surface area contributed by atoms with E-state index in [1.807, 2.05) is 25.1 Å². The molecule has 1 aliphatic heterocycles. The predicted molar refractivity (Wildman–Crippen MR) is 108 cm³/mol. The highest BCUT2D eigenvalue weighted by atomic mass is 32.2. The SMILES string of the molecule is Cc1ccc(C)c(OCCCSCC(=O)NCc2ccc3c(c2)OCO3)c1. The number of benzene rings is 2. The lowest BCUT2D eigenvalue weighted by atomic mass is 10.1. The number of amides is 1. The van der Waals surface area contributed by atoms with Gasteiger partial charge in [0, 0.05) is 6.54 Å². The van der Waals surface area contributed by atoms with E-state index in [4.69, 9.17) is 14.2 Å². The summed E-state index contributed by atoms with van der Waals surface area (Å²) in [6, 6.07) is 11.9. The molecule has 1 amide bonds. The Morgan fingerprint density at radius 1 is 1.15 bits per heavy atom. The predicted octanol–water partition coefficient (Wildman–Crippen LogP) is 3.85. The number of hydrogen-bond acceptors (Lipinski definition) is 5. The Hall–Kier alpha value is -2.34. The first kappa shape index (κ1) is 19.4. The molecule has 144 valence electrons. The molecule has 0 saturated carbocycles. The average Bonchev–Trinajstić information content (AvgIpc) is 3.13. The fraction of sp³-hybridized carbons (Fsp3) is 0.381. The molecule has 0 aliphatic carbocycles. The van der Waals surface area contributed by atoms with E-state index >= 15 is 0 Å². The number of hydrogen-bond donors (Lipinski definition) is 1. The van der Waals surface area contributed by atoms with E-state index in [0.717, 1.165) is 40.5 Å². The third kappa shape index (κ3) is 5.82. The number of carbonyl (C=O) groups is 1. The highest BCUT2D eigenvalue weighted by molar-refractivity contribution is 7.99. The highest BCUT2D eigenvalue weighted by Crippen LogP contribution is 2.32. The van der Waals surface area contributed by atoms with Crippen molar-refractivity contribution in [2.75, 3.05) is 24.9 Å². The van der Waals surface area contributed by atoms with Gasteiger partial charge in [-0.3, -0.25) is 4.79 Å². The summed E-state index contributed by atoms with van der Waals surface area (Å²) in [5, 5.41) is 2.93. The molecule has 6 heteroatoms. The molecule has 1 aliphatic rings. The van der Waals surface area contributed by atoms with Gasteiger partial charge in [-0.15, -0.1) is 0 Å². The maximum atomic E-state index is 12.0. The highest BCUT2D eigenvalue weighted by Gasteiger charge is 2.13. The summed E-state index contributed by atoms with van der Waals surface area (Å²) in [5.74, 6) is 3.81. The third-order valence-corrected chi connectivity index (χ3v) is 5.24. The van der Waals surface area contributed by atoms with Gasteiger partial charge in [0.1, 0.15) is 5.75 Å². The second-order valence-corrected chi connectivity index (χ2v) is 7.59. The Labute approximate surface area is 164 Å². The van der Waals surface area contributed by atoms with Crippen molar-refractivity contribution in [1.82, 2.24) is 5.32 Å². The van der Waals surface area contributed by atoms with Crippen LogP contribution < -0.4 is 19.5 Å². The van der Waals surface area contributed by atoms with Gasteiger partial charge in [0.25, 0.3) is 0 Å². The largest absolute Gasteiger partial charge is 0.493 e. The normalized spacial score (nSPS) is 12.1. The summed E-state index contributed by atoms with van der Waals surface area (Å²) < 4.78 is 16.5. The number of rotatable bonds is 9. The summed E-state index contributed by atoms with van der Waals surface area (Å²) in [6.45, 7) is 5.52. The van der Waals surface area contributed by atoms with Crippen LogP contribution in [0.15, 0.2) is 36.4 Å². The van der Waals surface area contributed by atoms with E-state index in [2.05, 4.69) is 30.4 Å². The molecular formula is C21H25NO4S. The van der Waals surface area contributed by atoms with E-state index in [9.17, 15) is 4.79 Å². The first-order chi connectivity index (χ1) is 13.1. The molecular weight excluding hydrogens is 362 g/mol. The van der Waals surface area contributed by atoms with Crippen molar-refractivity contribution in [3.8, 4) is 17.2 Å². The fourth-order valence-electron chi connectivity index (χ4n) is 2.67. The number of nitrogens with one attached hydrogen (secondary N) is 1. The zero-order chi connectivity index (χ0) is 19.1. The van der Waals surface area contributed by atoms with Gasteiger partial charge in [0.05, 0.1) is 12.4 Å². The Kier molecular flexibility index (Phi) is 6.87. The van der Waals surface area contributed by atoms with Gasteiger partial charge in [-0.05, 0) is 60.9 Å². The van der Waals surface area contributed by atoms with Crippen LogP contribution in [-0.2, 0) is 11.3 Å². The molecule has 0 bridgehead atoms. The smallest absolute Gasteiger partial charge is 0.231 e. The zero-order valence-corrected chi connectivity index (χ0v) is 16.6.